The molecule has 0 aliphatic carbocycles. The van der Waals surface area contributed by atoms with Crippen LogP contribution in [0.5, 0.6) is 0 Å². The van der Waals surface area contributed by atoms with Crippen LogP contribution < -0.4 is 10.6 Å². The maximum Gasteiger partial charge on any atom is 0.291 e. The molecule has 0 bridgehead atoms. The second-order valence-corrected chi connectivity index (χ2v) is 5.38. The summed E-state index contributed by atoms with van der Waals surface area (Å²) < 4.78 is 5.05. The third-order valence-electron chi connectivity index (χ3n) is 3.56. The summed E-state index contributed by atoms with van der Waals surface area (Å²) in [7, 11) is 0. The van der Waals surface area contributed by atoms with Crippen molar-refractivity contribution in [3.05, 3.63) is 78.4 Å². The number of hydrogen-bond acceptors (Lipinski definition) is 4. The van der Waals surface area contributed by atoms with Crippen molar-refractivity contribution < 1.29 is 9.21 Å². The minimum absolute atomic E-state index is 0.276. The van der Waals surface area contributed by atoms with E-state index in [9.17, 15) is 4.79 Å². The molecule has 0 saturated heterocycles. The van der Waals surface area contributed by atoms with Gasteiger partial charge in [0.05, 0.1) is 18.1 Å². The zero-order valence-corrected chi connectivity index (χ0v) is 13.2. The molecule has 0 spiro atoms. The van der Waals surface area contributed by atoms with Gasteiger partial charge in [0.25, 0.3) is 5.91 Å². The number of pyridine rings is 1. The van der Waals surface area contributed by atoms with E-state index in [1.807, 2.05) is 18.2 Å². The molecule has 0 radical (unpaired) electrons. The Labute approximate surface area is 140 Å². The summed E-state index contributed by atoms with van der Waals surface area (Å²) in [5.74, 6) is 0.780. The van der Waals surface area contributed by atoms with Gasteiger partial charge in [-0.3, -0.25) is 4.79 Å². The second kappa shape index (κ2) is 7.97. The molecule has 1 aromatic carbocycles. The number of rotatable bonds is 7. The summed E-state index contributed by atoms with van der Waals surface area (Å²) in [5, 5.41) is 6.02. The molecule has 0 atom stereocenters. The predicted molar refractivity (Wildman–Crippen MR) is 94.2 cm³/mol. The van der Waals surface area contributed by atoms with E-state index in [2.05, 4.69) is 39.9 Å². The van der Waals surface area contributed by atoms with Crippen LogP contribution in [-0.4, -0.2) is 17.4 Å². The van der Waals surface area contributed by atoms with Crippen molar-refractivity contribution in [2.24, 2.45) is 0 Å². The van der Waals surface area contributed by atoms with E-state index in [0.29, 0.717) is 5.69 Å². The van der Waals surface area contributed by atoms with Crippen LogP contribution in [0.15, 0.2) is 71.5 Å². The Morgan fingerprint density at radius 3 is 2.62 bits per heavy atom. The molecule has 5 heteroatoms. The fourth-order valence-electron chi connectivity index (χ4n) is 2.33. The van der Waals surface area contributed by atoms with Crippen LogP contribution in [0.4, 0.5) is 11.5 Å². The van der Waals surface area contributed by atoms with Gasteiger partial charge >= 0.3 is 0 Å². The Morgan fingerprint density at radius 1 is 1.04 bits per heavy atom. The maximum atomic E-state index is 11.9. The predicted octanol–water partition coefficient (Wildman–Crippen LogP) is 3.97. The fraction of sp³-hybridized carbons (Fsp3) is 0.158. The van der Waals surface area contributed by atoms with Gasteiger partial charge in [0.1, 0.15) is 5.82 Å². The van der Waals surface area contributed by atoms with Gasteiger partial charge in [-0.15, -0.1) is 0 Å². The van der Waals surface area contributed by atoms with Crippen LogP contribution in [0.1, 0.15) is 22.5 Å². The van der Waals surface area contributed by atoms with Gasteiger partial charge in [0.2, 0.25) is 0 Å². The topological polar surface area (TPSA) is 67.2 Å². The number of nitrogens with zero attached hydrogens (tertiary/aromatic N) is 1. The molecule has 2 aromatic heterocycles. The van der Waals surface area contributed by atoms with E-state index in [1.165, 1.54) is 11.8 Å². The van der Waals surface area contributed by atoms with Crippen LogP contribution >= 0.6 is 0 Å². The molecular formula is C19H19N3O2. The fourth-order valence-corrected chi connectivity index (χ4v) is 2.33. The average molecular weight is 321 g/mol. The molecule has 0 fully saturated rings. The van der Waals surface area contributed by atoms with Crippen LogP contribution in [0.3, 0.4) is 0 Å². The minimum atomic E-state index is -0.287. The molecule has 3 aromatic rings. The Balaban J connectivity index is 1.44. The minimum Gasteiger partial charge on any atom is -0.459 e. The van der Waals surface area contributed by atoms with Crippen molar-refractivity contribution in [1.82, 2.24) is 4.98 Å². The van der Waals surface area contributed by atoms with Crippen molar-refractivity contribution in [2.45, 2.75) is 12.8 Å². The number of hydrogen-bond donors (Lipinski definition) is 2. The first kappa shape index (κ1) is 15.8. The number of benzene rings is 1. The summed E-state index contributed by atoms with van der Waals surface area (Å²) in [6.07, 6.45) is 5.16. The monoisotopic (exact) mass is 321 g/mol. The zero-order valence-electron chi connectivity index (χ0n) is 13.2. The quantitative estimate of drug-likeness (QED) is 0.646. The lowest BCUT2D eigenvalue weighted by Crippen LogP contribution is -2.11. The normalized spacial score (nSPS) is 10.3. The SMILES string of the molecule is O=C(Nc1ccc(NCCCc2ccccc2)nc1)c1ccco1. The number of anilines is 2. The smallest absolute Gasteiger partial charge is 0.291 e. The Kier molecular flexibility index (Phi) is 5.24. The highest BCUT2D eigenvalue weighted by Gasteiger charge is 2.08. The lowest BCUT2D eigenvalue weighted by molar-refractivity contribution is 0.0996. The van der Waals surface area contributed by atoms with E-state index in [-0.39, 0.29) is 11.7 Å². The number of nitrogens with one attached hydrogen (secondary N) is 2. The Morgan fingerprint density at radius 2 is 1.92 bits per heavy atom. The van der Waals surface area contributed by atoms with E-state index >= 15 is 0 Å². The maximum absolute atomic E-state index is 11.9. The van der Waals surface area contributed by atoms with Gasteiger partial charge in [-0.2, -0.15) is 0 Å². The summed E-state index contributed by atoms with van der Waals surface area (Å²) in [4.78, 5) is 16.2. The Bertz CT molecular complexity index is 753. The van der Waals surface area contributed by atoms with Crippen molar-refractivity contribution in [3.63, 3.8) is 0 Å². The second-order valence-electron chi connectivity index (χ2n) is 5.38. The van der Waals surface area contributed by atoms with Gasteiger partial charge in [-0.1, -0.05) is 30.3 Å². The van der Waals surface area contributed by atoms with Crippen molar-refractivity contribution >= 4 is 17.4 Å². The number of furan rings is 1. The molecule has 0 unspecified atom stereocenters. The Hall–Kier alpha value is -3.08. The van der Waals surface area contributed by atoms with Gasteiger partial charge < -0.3 is 15.1 Å². The standard InChI is InChI=1S/C19H19N3O2/c23-19(17-9-5-13-24-17)22-16-10-11-18(21-14-16)20-12-4-8-15-6-2-1-3-7-15/h1-3,5-7,9-11,13-14H,4,8,12H2,(H,20,21)(H,22,23). The van der Waals surface area contributed by atoms with Gasteiger partial charge in [-0.05, 0) is 42.7 Å². The first-order chi connectivity index (χ1) is 11.8. The number of aryl methyl sites for hydroxylation is 1. The highest BCUT2D eigenvalue weighted by atomic mass is 16.3. The van der Waals surface area contributed by atoms with Crippen LogP contribution in [0.2, 0.25) is 0 Å². The van der Waals surface area contributed by atoms with Crippen molar-refractivity contribution in [3.8, 4) is 0 Å². The van der Waals surface area contributed by atoms with Crippen molar-refractivity contribution in [2.75, 3.05) is 17.2 Å². The molecule has 1 amide bonds. The third-order valence-corrected chi connectivity index (χ3v) is 3.56. The zero-order chi connectivity index (χ0) is 16.6. The first-order valence-corrected chi connectivity index (χ1v) is 7.90. The highest BCUT2D eigenvalue weighted by molar-refractivity contribution is 6.02. The van der Waals surface area contributed by atoms with E-state index in [0.717, 1.165) is 25.2 Å². The first-order valence-electron chi connectivity index (χ1n) is 7.90. The average Bonchev–Trinajstić information content (AvgIpc) is 3.16. The lowest BCUT2D eigenvalue weighted by Gasteiger charge is -2.07. The van der Waals surface area contributed by atoms with Gasteiger partial charge in [0, 0.05) is 6.54 Å². The molecule has 0 aliphatic rings. The molecule has 0 saturated carbocycles. The summed E-state index contributed by atoms with van der Waals surface area (Å²) in [6, 6.07) is 17.4. The number of carbonyl (C=O) groups excluding carboxylic acids is 1. The third kappa shape index (κ3) is 4.46. The van der Waals surface area contributed by atoms with Gasteiger partial charge in [0.15, 0.2) is 5.76 Å². The van der Waals surface area contributed by atoms with Gasteiger partial charge in [-0.25, -0.2) is 4.98 Å². The van der Waals surface area contributed by atoms with Crippen LogP contribution in [0, 0.1) is 0 Å². The molecule has 0 aliphatic heterocycles. The van der Waals surface area contributed by atoms with E-state index < -0.39 is 0 Å². The summed E-state index contributed by atoms with van der Waals surface area (Å²) in [6.45, 7) is 0.847. The summed E-state index contributed by atoms with van der Waals surface area (Å²) >= 11 is 0. The van der Waals surface area contributed by atoms with E-state index in [1.54, 1.807) is 18.3 Å². The largest absolute Gasteiger partial charge is 0.459 e. The molecule has 2 heterocycles. The molecule has 2 N–H and O–H groups in total. The molecule has 3 rings (SSSR count). The molecule has 122 valence electrons. The van der Waals surface area contributed by atoms with Crippen molar-refractivity contribution in [1.29, 1.82) is 0 Å². The highest BCUT2D eigenvalue weighted by Crippen LogP contribution is 2.12. The van der Waals surface area contributed by atoms with E-state index in [4.69, 9.17) is 4.42 Å². The number of aromatic nitrogens is 1. The molecule has 24 heavy (non-hydrogen) atoms. The molecular weight excluding hydrogens is 302 g/mol. The molecule has 5 nitrogen and oxygen atoms in total. The lowest BCUT2D eigenvalue weighted by atomic mass is 10.1. The number of carbonyl (C=O) groups is 1. The van der Waals surface area contributed by atoms with Crippen LogP contribution in [0.25, 0.3) is 0 Å². The number of amides is 1. The summed E-state index contributed by atoms with van der Waals surface area (Å²) in [5.41, 5.74) is 1.97. The van der Waals surface area contributed by atoms with Crippen LogP contribution in [-0.2, 0) is 6.42 Å².